The van der Waals surface area contributed by atoms with Gasteiger partial charge in [-0.1, -0.05) is 41.5 Å². The highest BCUT2D eigenvalue weighted by Crippen LogP contribution is 2.38. The summed E-state index contributed by atoms with van der Waals surface area (Å²) >= 11 is -0.639. The highest BCUT2D eigenvalue weighted by atomic mass is 35.6. The van der Waals surface area contributed by atoms with Crippen LogP contribution < -0.4 is 4.74 Å². The SMILES string of the molecule is COc1c(C(C)(C)C)c[c]cc1C(C)(C)C.[Cl][Mg][Cl]. The maximum absolute atomic E-state index is 5.61. The Balaban J connectivity index is 0.000000982. The summed E-state index contributed by atoms with van der Waals surface area (Å²) in [6.07, 6.45) is 0. The van der Waals surface area contributed by atoms with Crippen LogP contribution in [-0.4, -0.2) is 25.3 Å². The van der Waals surface area contributed by atoms with Crippen LogP contribution in [0.2, 0.25) is 0 Å². The fraction of sp³-hybridized carbons (Fsp3) is 0.600. The Morgan fingerprint density at radius 3 is 1.47 bits per heavy atom. The normalized spacial score (nSPS) is 11.2. The van der Waals surface area contributed by atoms with Crippen molar-refractivity contribution >= 4 is 36.3 Å². The molecule has 0 aromatic heterocycles. The van der Waals surface area contributed by atoms with Crippen LogP contribution in [0.25, 0.3) is 0 Å². The molecule has 0 spiro atoms. The van der Waals surface area contributed by atoms with Crippen molar-refractivity contribution in [3.63, 3.8) is 0 Å². The molecule has 0 saturated heterocycles. The molecule has 0 N–H and O–H groups in total. The van der Waals surface area contributed by atoms with Crippen LogP contribution in [0.3, 0.4) is 0 Å². The Morgan fingerprint density at radius 2 is 1.26 bits per heavy atom. The molecule has 1 aromatic rings. The van der Waals surface area contributed by atoms with Gasteiger partial charge in [-0.2, -0.15) is 0 Å². The Bertz CT molecular complexity index is 360. The number of methoxy groups -OCH3 is 1. The second kappa shape index (κ2) is 7.97. The monoisotopic (exact) mass is 313 g/mol. The summed E-state index contributed by atoms with van der Waals surface area (Å²) in [7, 11) is 11.6. The Kier molecular flexibility index (Phi) is 8.12. The third-order valence-corrected chi connectivity index (χ3v) is 2.76. The lowest BCUT2D eigenvalue weighted by Crippen LogP contribution is -2.18. The molecule has 1 rings (SSSR count). The van der Waals surface area contributed by atoms with E-state index in [1.165, 1.54) is 11.1 Å². The zero-order chi connectivity index (χ0) is 15.3. The van der Waals surface area contributed by atoms with Gasteiger partial charge in [0.2, 0.25) is 0 Å². The highest BCUT2D eigenvalue weighted by Gasteiger charge is 2.25. The van der Waals surface area contributed by atoms with E-state index in [1.807, 2.05) is 12.1 Å². The van der Waals surface area contributed by atoms with E-state index < -0.39 is 18.2 Å². The van der Waals surface area contributed by atoms with Gasteiger partial charge in [0, 0.05) is 11.1 Å². The maximum atomic E-state index is 5.61. The number of hydrogen-bond donors (Lipinski definition) is 0. The van der Waals surface area contributed by atoms with E-state index in [-0.39, 0.29) is 10.8 Å². The van der Waals surface area contributed by atoms with Crippen LogP contribution in [0.1, 0.15) is 52.7 Å². The smallest absolute Gasteiger partial charge is 0.496 e. The standard InChI is InChI=1S/C15H23O.2ClH.Mg/c1-14(2,3)11-9-8-10-12(13(11)16-7)15(4,5)6;;;/h9-10H,1-7H3;2*1H;/q;;;+2/p-2. The minimum atomic E-state index is -0.639. The van der Waals surface area contributed by atoms with Crippen molar-refractivity contribution in [1.29, 1.82) is 0 Å². The summed E-state index contributed by atoms with van der Waals surface area (Å²) in [6, 6.07) is 7.31. The lowest BCUT2D eigenvalue weighted by Gasteiger charge is -2.28. The molecule has 0 unspecified atom stereocenters. The van der Waals surface area contributed by atoms with Crippen molar-refractivity contribution in [3.8, 4) is 5.75 Å². The topological polar surface area (TPSA) is 9.23 Å². The van der Waals surface area contributed by atoms with E-state index in [0.29, 0.717) is 0 Å². The average molecular weight is 315 g/mol. The summed E-state index contributed by atoms with van der Waals surface area (Å²) < 4.78 is 5.61. The zero-order valence-electron chi connectivity index (χ0n) is 13.0. The zero-order valence-corrected chi connectivity index (χ0v) is 16.0. The van der Waals surface area contributed by atoms with Crippen LogP contribution in [0.5, 0.6) is 5.75 Å². The molecule has 1 radical (unpaired) electrons. The molecule has 0 aliphatic rings. The van der Waals surface area contributed by atoms with Crippen molar-refractivity contribution in [3.05, 3.63) is 29.3 Å². The van der Waals surface area contributed by atoms with Crippen LogP contribution in [0.15, 0.2) is 12.1 Å². The minimum absolute atomic E-state index is 0.0864. The third-order valence-electron chi connectivity index (χ3n) is 2.76. The third kappa shape index (κ3) is 6.11. The molecule has 1 aromatic carbocycles. The summed E-state index contributed by atoms with van der Waals surface area (Å²) in [5.41, 5.74) is 2.62. The fourth-order valence-corrected chi connectivity index (χ4v) is 1.82. The van der Waals surface area contributed by atoms with Gasteiger partial charge in [0.15, 0.2) is 0 Å². The van der Waals surface area contributed by atoms with Gasteiger partial charge >= 0.3 is 18.2 Å². The van der Waals surface area contributed by atoms with Crippen molar-refractivity contribution in [2.75, 3.05) is 7.11 Å². The first kappa shape index (κ1) is 19.4. The molecule has 4 heteroatoms. The molecule has 105 valence electrons. The molecular weight excluding hydrogens is 291 g/mol. The fourth-order valence-electron chi connectivity index (χ4n) is 1.82. The van der Waals surface area contributed by atoms with E-state index in [9.17, 15) is 0 Å². The van der Waals surface area contributed by atoms with Gasteiger partial charge in [-0.15, -0.1) is 0 Å². The second-order valence-electron chi connectivity index (χ2n) is 6.42. The summed E-state index contributed by atoms with van der Waals surface area (Å²) in [4.78, 5) is 0. The van der Waals surface area contributed by atoms with E-state index >= 15 is 0 Å². The second-order valence-corrected chi connectivity index (χ2v) is 9.04. The van der Waals surface area contributed by atoms with Gasteiger partial charge in [-0.25, -0.2) is 0 Å². The van der Waals surface area contributed by atoms with Crippen molar-refractivity contribution in [2.45, 2.75) is 52.4 Å². The summed E-state index contributed by atoms with van der Waals surface area (Å²) in [5.74, 6) is 1.01. The van der Waals surface area contributed by atoms with Gasteiger partial charge in [0.1, 0.15) is 5.75 Å². The molecule has 0 aliphatic heterocycles. The molecular formula is C15H23Cl2MgO. The van der Waals surface area contributed by atoms with E-state index in [0.717, 1.165) is 5.75 Å². The average Bonchev–Trinajstić information content (AvgIpc) is 2.26. The van der Waals surface area contributed by atoms with Crippen molar-refractivity contribution < 1.29 is 4.74 Å². The molecule has 19 heavy (non-hydrogen) atoms. The van der Waals surface area contributed by atoms with Crippen LogP contribution in [0.4, 0.5) is 0 Å². The van der Waals surface area contributed by atoms with Crippen molar-refractivity contribution in [2.24, 2.45) is 0 Å². The molecule has 0 amide bonds. The largest absolute Gasteiger partial charge is 0.618 e. The number of rotatable bonds is 1. The van der Waals surface area contributed by atoms with Crippen LogP contribution in [0, 0.1) is 6.07 Å². The lowest BCUT2D eigenvalue weighted by atomic mass is 9.79. The van der Waals surface area contributed by atoms with Gasteiger partial charge in [-0.3, -0.25) is 0 Å². The quantitative estimate of drug-likeness (QED) is 0.656. The van der Waals surface area contributed by atoms with Gasteiger partial charge in [0.05, 0.1) is 7.11 Å². The molecule has 0 saturated carbocycles. The van der Waals surface area contributed by atoms with Gasteiger partial charge in [-0.05, 0) is 29.0 Å². The van der Waals surface area contributed by atoms with E-state index in [4.69, 9.17) is 22.9 Å². The van der Waals surface area contributed by atoms with Gasteiger partial charge < -0.3 is 22.9 Å². The molecule has 0 atom stereocenters. The maximum Gasteiger partial charge on any atom is 0.618 e. The minimum Gasteiger partial charge on any atom is -0.496 e. The first-order valence-electron chi connectivity index (χ1n) is 6.30. The predicted octanol–water partition coefficient (Wildman–Crippen LogP) is 5.09. The first-order chi connectivity index (χ1) is 8.59. The predicted molar refractivity (Wildman–Crippen MR) is 86.7 cm³/mol. The molecule has 0 heterocycles. The lowest BCUT2D eigenvalue weighted by molar-refractivity contribution is 0.381. The first-order valence-corrected chi connectivity index (χ1v) is 10.6. The van der Waals surface area contributed by atoms with Crippen LogP contribution >= 0.6 is 18.1 Å². The van der Waals surface area contributed by atoms with E-state index in [1.54, 1.807) is 7.11 Å². The number of halogens is 2. The summed E-state index contributed by atoms with van der Waals surface area (Å²) in [5, 5.41) is 0. The van der Waals surface area contributed by atoms with Crippen molar-refractivity contribution in [1.82, 2.24) is 0 Å². The Hall–Kier alpha value is 0.366. The molecule has 1 nitrogen and oxygen atoms in total. The number of ether oxygens (including phenoxy) is 1. The highest BCUT2D eigenvalue weighted by molar-refractivity contribution is 7.22. The molecule has 0 fully saturated rings. The van der Waals surface area contributed by atoms with Crippen LogP contribution in [-0.2, 0) is 10.8 Å². The molecule has 0 bridgehead atoms. The van der Waals surface area contributed by atoms with E-state index in [2.05, 4.69) is 47.6 Å². The number of benzene rings is 1. The van der Waals surface area contributed by atoms with Gasteiger partial charge in [0.25, 0.3) is 0 Å². The molecule has 0 aliphatic carbocycles. The Morgan fingerprint density at radius 1 is 0.947 bits per heavy atom. The number of hydrogen-bond acceptors (Lipinski definition) is 1. The Labute approximate surface area is 135 Å². The summed E-state index contributed by atoms with van der Waals surface area (Å²) in [6.45, 7) is 13.2.